The molecule has 6 heteroatoms. The number of rotatable bonds is 7. The zero-order valence-electron chi connectivity index (χ0n) is 12.4. The van der Waals surface area contributed by atoms with E-state index < -0.39 is 18.0 Å². The maximum absolute atomic E-state index is 11.7. The second-order valence-electron chi connectivity index (χ2n) is 5.79. The molecule has 0 saturated carbocycles. The molecule has 3 N–H and O–H groups in total. The lowest BCUT2D eigenvalue weighted by atomic mass is 9.82. The van der Waals surface area contributed by atoms with Crippen molar-refractivity contribution < 1.29 is 14.7 Å². The number of aliphatic carboxylic acids is 1. The van der Waals surface area contributed by atoms with Crippen molar-refractivity contribution in [2.75, 3.05) is 18.6 Å². The lowest BCUT2D eigenvalue weighted by Gasteiger charge is -2.27. The summed E-state index contributed by atoms with van der Waals surface area (Å²) in [6.45, 7) is 8.91. The van der Waals surface area contributed by atoms with Crippen LogP contribution in [0, 0.1) is 11.3 Å². The lowest BCUT2D eigenvalue weighted by Crippen LogP contribution is -2.47. The van der Waals surface area contributed by atoms with Gasteiger partial charge in [0.05, 0.1) is 0 Å². The Morgan fingerprint density at radius 1 is 1.32 bits per heavy atom. The van der Waals surface area contributed by atoms with Crippen molar-refractivity contribution in [2.24, 2.45) is 11.3 Å². The largest absolute Gasteiger partial charge is 0.480 e. The van der Waals surface area contributed by atoms with Crippen molar-refractivity contribution >= 4 is 23.8 Å². The van der Waals surface area contributed by atoms with Crippen LogP contribution in [-0.4, -0.2) is 41.7 Å². The molecule has 2 amide bonds. The molecule has 0 aliphatic heterocycles. The van der Waals surface area contributed by atoms with Crippen molar-refractivity contribution in [1.29, 1.82) is 0 Å². The van der Waals surface area contributed by atoms with Gasteiger partial charge in [-0.05, 0) is 29.8 Å². The van der Waals surface area contributed by atoms with Gasteiger partial charge < -0.3 is 15.7 Å². The van der Waals surface area contributed by atoms with Gasteiger partial charge in [-0.25, -0.2) is 9.59 Å². The van der Waals surface area contributed by atoms with Crippen LogP contribution >= 0.6 is 11.8 Å². The Kier molecular flexibility index (Phi) is 7.90. The third-order valence-corrected chi connectivity index (χ3v) is 3.91. The smallest absolute Gasteiger partial charge is 0.326 e. The van der Waals surface area contributed by atoms with Gasteiger partial charge in [0.25, 0.3) is 0 Å². The molecule has 0 saturated heterocycles. The van der Waals surface area contributed by atoms with Crippen LogP contribution in [0.15, 0.2) is 0 Å². The Morgan fingerprint density at radius 2 is 1.89 bits per heavy atom. The number of nitrogens with one attached hydrogen (secondary N) is 2. The quantitative estimate of drug-likeness (QED) is 0.671. The van der Waals surface area contributed by atoms with E-state index in [1.165, 1.54) is 0 Å². The Morgan fingerprint density at radius 3 is 2.32 bits per heavy atom. The fourth-order valence-electron chi connectivity index (χ4n) is 1.25. The van der Waals surface area contributed by atoms with Crippen LogP contribution in [0.25, 0.3) is 0 Å². The Hall–Kier alpha value is -0.910. The standard InChI is InChI=1S/C13H26N2O3S/c1-9(13(2,3)4)8-14-12(18)15-10(11(16)17)6-7-19-5/h9-10H,6-8H2,1-5H3,(H,16,17)(H2,14,15,18)/t9?,10-/m0/s1. The second kappa shape index (κ2) is 8.30. The van der Waals surface area contributed by atoms with Gasteiger partial charge >= 0.3 is 12.0 Å². The molecule has 112 valence electrons. The molecule has 0 spiro atoms. The second-order valence-corrected chi connectivity index (χ2v) is 6.78. The summed E-state index contributed by atoms with van der Waals surface area (Å²) in [5.41, 5.74) is 0.109. The van der Waals surface area contributed by atoms with Crippen molar-refractivity contribution in [2.45, 2.75) is 40.2 Å². The van der Waals surface area contributed by atoms with E-state index in [4.69, 9.17) is 5.11 Å². The summed E-state index contributed by atoms with van der Waals surface area (Å²) >= 11 is 1.56. The fraction of sp³-hybridized carbons (Fsp3) is 0.846. The monoisotopic (exact) mass is 290 g/mol. The predicted octanol–water partition coefficient (Wildman–Crippen LogP) is 2.17. The van der Waals surface area contributed by atoms with E-state index in [-0.39, 0.29) is 5.41 Å². The first-order valence-electron chi connectivity index (χ1n) is 6.44. The molecular formula is C13H26N2O3S. The van der Waals surface area contributed by atoms with E-state index in [9.17, 15) is 9.59 Å². The first-order chi connectivity index (χ1) is 8.68. The zero-order chi connectivity index (χ0) is 15.1. The first kappa shape index (κ1) is 18.1. The van der Waals surface area contributed by atoms with Crippen molar-refractivity contribution in [3.05, 3.63) is 0 Å². The molecular weight excluding hydrogens is 264 g/mol. The molecule has 0 heterocycles. The molecule has 2 atom stereocenters. The summed E-state index contributed by atoms with van der Waals surface area (Å²) in [5.74, 6) is 0.0242. The third-order valence-electron chi connectivity index (χ3n) is 3.26. The number of carbonyl (C=O) groups excluding carboxylic acids is 1. The summed E-state index contributed by atoms with van der Waals surface area (Å²) in [7, 11) is 0. The highest BCUT2D eigenvalue weighted by atomic mass is 32.2. The van der Waals surface area contributed by atoms with E-state index in [1.54, 1.807) is 11.8 Å². The summed E-state index contributed by atoms with van der Waals surface area (Å²) in [6.07, 6.45) is 2.34. The van der Waals surface area contributed by atoms with Gasteiger partial charge in [0.15, 0.2) is 0 Å². The van der Waals surface area contributed by atoms with Gasteiger partial charge in [0, 0.05) is 6.54 Å². The highest BCUT2D eigenvalue weighted by Gasteiger charge is 2.22. The number of urea groups is 1. The molecule has 0 aromatic rings. The van der Waals surface area contributed by atoms with E-state index in [1.807, 2.05) is 6.26 Å². The summed E-state index contributed by atoms with van der Waals surface area (Å²) in [6, 6.07) is -1.23. The van der Waals surface area contributed by atoms with Gasteiger partial charge in [-0.1, -0.05) is 27.7 Å². The van der Waals surface area contributed by atoms with Gasteiger partial charge in [-0.3, -0.25) is 0 Å². The summed E-state index contributed by atoms with van der Waals surface area (Å²) in [4.78, 5) is 22.6. The average Bonchev–Trinajstić information content (AvgIpc) is 2.29. The molecule has 1 unspecified atom stereocenters. The van der Waals surface area contributed by atoms with Crippen molar-refractivity contribution in [3.8, 4) is 0 Å². The molecule has 0 aliphatic rings. The van der Waals surface area contributed by atoms with Gasteiger partial charge in [0.1, 0.15) is 6.04 Å². The van der Waals surface area contributed by atoms with Gasteiger partial charge in [0.2, 0.25) is 0 Å². The van der Waals surface area contributed by atoms with E-state index in [0.29, 0.717) is 24.6 Å². The van der Waals surface area contributed by atoms with Gasteiger partial charge in [-0.2, -0.15) is 11.8 Å². The number of carboxylic acid groups (broad SMARTS) is 1. The minimum atomic E-state index is -0.993. The minimum absolute atomic E-state index is 0.109. The van der Waals surface area contributed by atoms with Crippen molar-refractivity contribution in [3.63, 3.8) is 0 Å². The Balaban J connectivity index is 4.17. The van der Waals surface area contributed by atoms with Crippen molar-refractivity contribution in [1.82, 2.24) is 10.6 Å². The number of hydrogen-bond donors (Lipinski definition) is 3. The zero-order valence-corrected chi connectivity index (χ0v) is 13.3. The van der Waals surface area contributed by atoms with Crippen LogP contribution < -0.4 is 10.6 Å². The molecule has 0 radical (unpaired) electrons. The first-order valence-corrected chi connectivity index (χ1v) is 7.84. The molecule has 0 rings (SSSR count). The molecule has 0 aliphatic carbocycles. The average molecular weight is 290 g/mol. The lowest BCUT2D eigenvalue weighted by molar-refractivity contribution is -0.139. The van der Waals surface area contributed by atoms with Gasteiger partial charge in [-0.15, -0.1) is 0 Å². The van der Waals surface area contributed by atoms with Crippen LogP contribution in [0.4, 0.5) is 4.79 Å². The highest BCUT2D eigenvalue weighted by Crippen LogP contribution is 2.24. The highest BCUT2D eigenvalue weighted by molar-refractivity contribution is 7.98. The minimum Gasteiger partial charge on any atom is -0.480 e. The number of amides is 2. The topological polar surface area (TPSA) is 78.4 Å². The molecule has 0 bridgehead atoms. The maximum atomic E-state index is 11.7. The summed E-state index contributed by atoms with van der Waals surface area (Å²) < 4.78 is 0. The van der Waals surface area contributed by atoms with Crippen LogP contribution in [0.3, 0.4) is 0 Å². The van der Waals surface area contributed by atoms with Crippen LogP contribution in [0.1, 0.15) is 34.1 Å². The normalized spacial score (nSPS) is 14.6. The third kappa shape index (κ3) is 7.97. The van der Waals surface area contributed by atoms with Crippen LogP contribution in [0.2, 0.25) is 0 Å². The number of hydrogen-bond acceptors (Lipinski definition) is 3. The van der Waals surface area contributed by atoms with E-state index in [2.05, 4.69) is 38.3 Å². The number of carbonyl (C=O) groups is 2. The van der Waals surface area contributed by atoms with Crippen LogP contribution in [-0.2, 0) is 4.79 Å². The SMILES string of the molecule is CSCC[C@H](NC(=O)NCC(C)C(C)(C)C)C(=O)O. The molecule has 0 aromatic heterocycles. The molecule has 0 fully saturated rings. The number of carboxylic acids is 1. The fourth-order valence-corrected chi connectivity index (χ4v) is 1.73. The Labute approximate surface area is 119 Å². The Bertz CT molecular complexity index is 303. The molecule has 5 nitrogen and oxygen atoms in total. The van der Waals surface area contributed by atoms with E-state index >= 15 is 0 Å². The maximum Gasteiger partial charge on any atom is 0.326 e. The molecule has 19 heavy (non-hydrogen) atoms. The predicted molar refractivity (Wildman–Crippen MR) is 79.6 cm³/mol. The number of thioether (sulfide) groups is 1. The molecule has 0 aromatic carbocycles. The summed E-state index contributed by atoms with van der Waals surface area (Å²) in [5, 5.41) is 14.2. The van der Waals surface area contributed by atoms with E-state index in [0.717, 1.165) is 0 Å². The van der Waals surface area contributed by atoms with Crippen LogP contribution in [0.5, 0.6) is 0 Å².